The van der Waals surface area contributed by atoms with E-state index >= 15 is 4.39 Å². The first-order chi connectivity index (χ1) is 20.9. The molecule has 1 aliphatic heterocycles. The van der Waals surface area contributed by atoms with E-state index in [0.29, 0.717) is 23.4 Å². The number of urea groups is 1. The number of hydrogen-bond donors (Lipinski definition) is 3. The average molecular weight is 598 g/mol. The first-order valence-electron chi connectivity index (χ1n) is 14.5. The number of imide groups is 1. The van der Waals surface area contributed by atoms with Crippen molar-refractivity contribution in [1.82, 2.24) is 15.6 Å². The van der Waals surface area contributed by atoms with Crippen LogP contribution in [0, 0.1) is 11.2 Å². The number of rotatable bonds is 9. The largest absolute Gasteiger partial charge is 0.435 e. The van der Waals surface area contributed by atoms with E-state index < -0.39 is 34.7 Å². The molecular formula is C35H36FN3O5. The molecule has 0 saturated carbocycles. The minimum Gasteiger partial charge on any atom is -0.435 e. The number of ether oxygens (including phenoxy) is 2. The van der Waals surface area contributed by atoms with Crippen LogP contribution in [0.25, 0.3) is 11.3 Å². The Labute approximate surface area is 256 Å². The van der Waals surface area contributed by atoms with Crippen molar-refractivity contribution in [3.63, 3.8) is 0 Å². The molecule has 3 N–H and O–H groups in total. The Morgan fingerprint density at radius 3 is 2.36 bits per heavy atom. The van der Waals surface area contributed by atoms with Gasteiger partial charge in [-0.05, 0) is 37.1 Å². The maximum atomic E-state index is 15.1. The second kappa shape index (κ2) is 12.6. The molecular weight excluding hydrogens is 561 g/mol. The SMILES string of the molecule is CC(C)(O)c1ccc(-c2ccc3c(n2)Oc2c(F)cccc2[C@@H]3C(C)(C)C(=O)NC(=O)NCCOCc2ccccc2)cc1. The van der Waals surface area contributed by atoms with E-state index in [9.17, 15) is 14.7 Å². The molecule has 5 rings (SSSR count). The van der Waals surface area contributed by atoms with Crippen LogP contribution in [-0.2, 0) is 21.7 Å². The predicted octanol–water partition coefficient (Wildman–Crippen LogP) is 6.42. The molecule has 0 aliphatic carbocycles. The summed E-state index contributed by atoms with van der Waals surface area (Å²) in [4.78, 5) is 30.9. The number of benzene rings is 3. The number of amides is 3. The number of fused-ring (bicyclic) bond motifs is 2. The summed E-state index contributed by atoms with van der Waals surface area (Å²) in [6.07, 6.45) is 0. The van der Waals surface area contributed by atoms with Gasteiger partial charge in [-0.15, -0.1) is 0 Å². The minimum absolute atomic E-state index is 0.00656. The van der Waals surface area contributed by atoms with Gasteiger partial charge in [-0.1, -0.05) is 86.6 Å². The van der Waals surface area contributed by atoms with Crippen molar-refractivity contribution in [1.29, 1.82) is 0 Å². The minimum atomic E-state index is -1.21. The van der Waals surface area contributed by atoms with Crippen molar-refractivity contribution in [2.75, 3.05) is 13.2 Å². The molecule has 0 radical (unpaired) electrons. The smallest absolute Gasteiger partial charge is 0.321 e. The maximum absolute atomic E-state index is 15.1. The van der Waals surface area contributed by atoms with Crippen LogP contribution in [0.5, 0.6) is 11.6 Å². The van der Waals surface area contributed by atoms with Gasteiger partial charge in [-0.25, -0.2) is 14.2 Å². The van der Waals surface area contributed by atoms with Gasteiger partial charge >= 0.3 is 6.03 Å². The van der Waals surface area contributed by atoms with E-state index in [1.807, 2.05) is 66.7 Å². The highest BCUT2D eigenvalue weighted by Crippen LogP contribution is 2.52. The molecule has 0 unspecified atom stereocenters. The monoisotopic (exact) mass is 597 g/mol. The van der Waals surface area contributed by atoms with E-state index in [1.54, 1.807) is 39.8 Å². The summed E-state index contributed by atoms with van der Waals surface area (Å²) in [7, 11) is 0. The molecule has 0 fully saturated rings. The van der Waals surface area contributed by atoms with E-state index in [2.05, 4.69) is 10.6 Å². The number of aromatic nitrogens is 1. The summed E-state index contributed by atoms with van der Waals surface area (Å²) in [6, 6.07) is 24.6. The molecule has 1 aliphatic rings. The van der Waals surface area contributed by atoms with Gasteiger partial charge < -0.3 is 19.9 Å². The van der Waals surface area contributed by atoms with Gasteiger partial charge in [0.1, 0.15) is 0 Å². The third-order valence-corrected chi connectivity index (χ3v) is 7.77. The van der Waals surface area contributed by atoms with Crippen LogP contribution < -0.4 is 15.4 Å². The van der Waals surface area contributed by atoms with Crippen molar-refractivity contribution < 1.29 is 28.6 Å². The quantitative estimate of drug-likeness (QED) is 0.192. The van der Waals surface area contributed by atoms with Gasteiger partial charge in [0.2, 0.25) is 11.8 Å². The molecule has 4 aromatic rings. The fourth-order valence-corrected chi connectivity index (χ4v) is 5.31. The number of hydrogen-bond acceptors (Lipinski definition) is 6. The number of aliphatic hydroxyl groups is 1. The third-order valence-electron chi connectivity index (χ3n) is 7.77. The summed E-state index contributed by atoms with van der Waals surface area (Å²) in [5.41, 5.74) is 2.02. The Kier molecular flexibility index (Phi) is 8.80. The summed E-state index contributed by atoms with van der Waals surface area (Å²) < 4.78 is 26.7. The molecule has 3 aromatic carbocycles. The van der Waals surface area contributed by atoms with Gasteiger partial charge in [-0.2, -0.15) is 0 Å². The number of para-hydroxylation sites is 1. The third kappa shape index (κ3) is 6.64. The fraction of sp³-hybridized carbons (Fsp3) is 0.286. The lowest BCUT2D eigenvalue weighted by molar-refractivity contribution is -0.128. The van der Waals surface area contributed by atoms with Crippen molar-refractivity contribution in [2.45, 2.75) is 45.8 Å². The van der Waals surface area contributed by atoms with E-state index in [4.69, 9.17) is 14.5 Å². The Hall–Kier alpha value is -4.60. The average Bonchev–Trinajstić information content (AvgIpc) is 3.00. The molecule has 0 spiro atoms. The van der Waals surface area contributed by atoms with Crippen LogP contribution in [0.3, 0.4) is 0 Å². The summed E-state index contributed by atoms with van der Waals surface area (Å²) in [5.74, 6) is -1.62. The van der Waals surface area contributed by atoms with Gasteiger partial charge in [0.05, 0.1) is 29.9 Å². The number of nitrogens with one attached hydrogen (secondary N) is 2. The van der Waals surface area contributed by atoms with Gasteiger partial charge in [-0.3, -0.25) is 10.1 Å². The normalized spacial score (nSPS) is 14.2. The summed E-state index contributed by atoms with van der Waals surface area (Å²) in [6.45, 7) is 7.73. The summed E-state index contributed by atoms with van der Waals surface area (Å²) >= 11 is 0. The molecule has 3 amide bonds. The Morgan fingerprint density at radius 2 is 1.66 bits per heavy atom. The molecule has 1 atom stereocenters. The highest BCUT2D eigenvalue weighted by atomic mass is 19.1. The standard InChI is InChI=1S/C35H36FN3O5/c1-34(2,32(40)39-33(41)37-19-20-43-21-22-9-6-5-7-10-22)29-25-11-8-12-27(36)30(25)44-31-26(29)17-18-28(38-31)23-13-15-24(16-14-23)35(3,4)42/h5-18,29,42H,19-21H2,1-4H3,(H2,37,39,40,41)/t29-/m0/s1. The number of nitrogens with zero attached hydrogens (tertiary/aromatic N) is 1. The zero-order valence-electron chi connectivity index (χ0n) is 25.2. The first kappa shape index (κ1) is 30.8. The zero-order chi connectivity index (χ0) is 31.5. The molecule has 0 saturated heterocycles. The fourth-order valence-electron chi connectivity index (χ4n) is 5.31. The molecule has 228 valence electrons. The highest BCUT2D eigenvalue weighted by molar-refractivity contribution is 5.98. The Balaban J connectivity index is 1.33. The van der Waals surface area contributed by atoms with Crippen molar-refractivity contribution in [2.24, 2.45) is 5.41 Å². The lowest BCUT2D eigenvalue weighted by atomic mass is 9.69. The summed E-state index contributed by atoms with van der Waals surface area (Å²) in [5, 5.41) is 15.4. The van der Waals surface area contributed by atoms with Crippen LogP contribution in [0.15, 0.2) is 84.9 Å². The predicted molar refractivity (Wildman–Crippen MR) is 165 cm³/mol. The highest BCUT2D eigenvalue weighted by Gasteiger charge is 2.45. The molecule has 2 heterocycles. The van der Waals surface area contributed by atoms with Crippen LogP contribution >= 0.6 is 0 Å². The van der Waals surface area contributed by atoms with E-state index in [1.165, 1.54) is 6.07 Å². The van der Waals surface area contributed by atoms with Gasteiger partial charge in [0.15, 0.2) is 11.6 Å². The molecule has 1 aromatic heterocycles. The lowest BCUT2D eigenvalue weighted by Gasteiger charge is -2.37. The second-order valence-corrected chi connectivity index (χ2v) is 11.9. The van der Waals surface area contributed by atoms with Gasteiger partial charge in [0.25, 0.3) is 0 Å². The number of carbonyl (C=O) groups excluding carboxylic acids is 2. The first-order valence-corrected chi connectivity index (χ1v) is 14.5. The topological polar surface area (TPSA) is 110 Å². The molecule has 44 heavy (non-hydrogen) atoms. The maximum Gasteiger partial charge on any atom is 0.321 e. The number of carbonyl (C=O) groups is 2. The second-order valence-electron chi connectivity index (χ2n) is 11.9. The van der Waals surface area contributed by atoms with E-state index in [-0.39, 0.29) is 24.8 Å². The van der Waals surface area contributed by atoms with Crippen molar-refractivity contribution in [3.05, 3.63) is 113 Å². The van der Waals surface area contributed by atoms with Crippen LogP contribution in [-0.4, -0.2) is 35.2 Å². The van der Waals surface area contributed by atoms with Crippen LogP contribution in [0.1, 0.15) is 55.9 Å². The van der Waals surface area contributed by atoms with Crippen LogP contribution in [0.4, 0.5) is 9.18 Å². The van der Waals surface area contributed by atoms with E-state index in [0.717, 1.165) is 16.7 Å². The molecule has 0 bridgehead atoms. The van der Waals surface area contributed by atoms with Crippen molar-refractivity contribution in [3.8, 4) is 22.9 Å². The zero-order valence-corrected chi connectivity index (χ0v) is 25.2. The van der Waals surface area contributed by atoms with Crippen molar-refractivity contribution >= 4 is 11.9 Å². The lowest BCUT2D eigenvalue weighted by Crippen LogP contribution is -2.48. The van der Waals surface area contributed by atoms with Crippen LogP contribution in [0.2, 0.25) is 0 Å². The molecule has 8 nitrogen and oxygen atoms in total. The molecule has 9 heteroatoms. The Morgan fingerprint density at radius 1 is 0.932 bits per heavy atom. The number of pyridine rings is 1. The van der Waals surface area contributed by atoms with Gasteiger partial charge in [0, 0.05) is 29.2 Å². The number of halogens is 1. The Bertz CT molecular complexity index is 1650.